The summed E-state index contributed by atoms with van der Waals surface area (Å²) in [5, 5.41) is 8.85. The molecule has 1 unspecified atom stereocenters. The molecule has 1 saturated heterocycles. The quantitative estimate of drug-likeness (QED) is 0.834. The molecule has 96 valence electrons. The van der Waals surface area contributed by atoms with Gasteiger partial charge in [0.05, 0.1) is 12.1 Å². The van der Waals surface area contributed by atoms with E-state index in [4.69, 9.17) is 9.68 Å². The lowest BCUT2D eigenvalue weighted by Crippen LogP contribution is -2.51. The van der Waals surface area contributed by atoms with E-state index < -0.39 is 0 Å². The molecule has 0 spiro atoms. The SMILES string of the molecule is CC(C#N)N1CCN(C(=O)c2ccc(Br)o2)CC1. The lowest BCUT2D eigenvalue weighted by atomic mass is 10.2. The minimum Gasteiger partial charge on any atom is -0.444 e. The minimum absolute atomic E-state index is 0.0926. The number of nitriles is 1. The van der Waals surface area contributed by atoms with Gasteiger partial charge < -0.3 is 9.32 Å². The molecule has 1 aliphatic heterocycles. The molecule has 2 heterocycles. The van der Waals surface area contributed by atoms with Gasteiger partial charge >= 0.3 is 0 Å². The molecule has 2 rings (SSSR count). The van der Waals surface area contributed by atoms with Gasteiger partial charge in [0.15, 0.2) is 10.4 Å². The molecule has 0 radical (unpaired) electrons. The Balaban J connectivity index is 1.94. The average molecular weight is 312 g/mol. The number of carbonyl (C=O) groups excluding carboxylic acids is 1. The number of hydrogen-bond donors (Lipinski definition) is 0. The van der Waals surface area contributed by atoms with Crippen LogP contribution in [0.3, 0.4) is 0 Å². The molecule has 5 nitrogen and oxygen atoms in total. The highest BCUT2D eigenvalue weighted by Gasteiger charge is 2.25. The molecular formula is C12H14BrN3O2. The Hall–Kier alpha value is -1.32. The van der Waals surface area contributed by atoms with Gasteiger partial charge in [-0.15, -0.1) is 0 Å². The lowest BCUT2D eigenvalue weighted by molar-refractivity contribution is 0.0584. The number of halogens is 1. The van der Waals surface area contributed by atoms with Gasteiger partial charge in [-0.3, -0.25) is 9.69 Å². The Labute approximate surface area is 114 Å². The summed E-state index contributed by atoms with van der Waals surface area (Å²) in [5.41, 5.74) is 0. The van der Waals surface area contributed by atoms with E-state index in [2.05, 4.69) is 26.9 Å². The van der Waals surface area contributed by atoms with Crippen molar-refractivity contribution in [2.45, 2.75) is 13.0 Å². The predicted octanol–water partition coefficient (Wildman–Crippen LogP) is 1.71. The third kappa shape index (κ3) is 2.74. The molecule has 1 atom stereocenters. The Morgan fingerprint density at radius 2 is 2.11 bits per heavy atom. The Bertz CT molecular complexity index is 472. The first-order valence-corrected chi connectivity index (χ1v) is 6.59. The van der Waals surface area contributed by atoms with Crippen molar-refractivity contribution in [2.24, 2.45) is 0 Å². The summed E-state index contributed by atoms with van der Waals surface area (Å²) in [7, 11) is 0. The molecule has 1 aliphatic rings. The number of furan rings is 1. The lowest BCUT2D eigenvalue weighted by Gasteiger charge is -2.35. The third-order valence-corrected chi connectivity index (χ3v) is 3.55. The summed E-state index contributed by atoms with van der Waals surface area (Å²) >= 11 is 3.18. The van der Waals surface area contributed by atoms with Gasteiger partial charge in [0.1, 0.15) is 0 Å². The van der Waals surface area contributed by atoms with Gasteiger partial charge in [-0.05, 0) is 35.0 Å². The van der Waals surface area contributed by atoms with Gasteiger partial charge in [0.2, 0.25) is 0 Å². The first kappa shape index (κ1) is 13.1. The largest absolute Gasteiger partial charge is 0.444 e. The van der Waals surface area contributed by atoms with Crippen LogP contribution in [0, 0.1) is 11.3 Å². The molecule has 0 aliphatic carbocycles. The molecule has 0 N–H and O–H groups in total. The van der Waals surface area contributed by atoms with Crippen molar-refractivity contribution in [1.29, 1.82) is 5.26 Å². The highest BCUT2D eigenvalue weighted by molar-refractivity contribution is 9.10. The van der Waals surface area contributed by atoms with Crippen molar-refractivity contribution in [3.8, 4) is 6.07 Å². The molecule has 0 bridgehead atoms. The summed E-state index contributed by atoms with van der Waals surface area (Å²) < 4.78 is 5.81. The van der Waals surface area contributed by atoms with Crippen molar-refractivity contribution in [2.75, 3.05) is 26.2 Å². The fourth-order valence-corrected chi connectivity index (χ4v) is 2.29. The number of hydrogen-bond acceptors (Lipinski definition) is 4. The molecule has 0 aromatic carbocycles. The van der Waals surface area contributed by atoms with Crippen molar-refractivity contribution in [3.05, 3.63) is 22.6 Å². The standard InChI is InChI=1S/C12H14BrN3O2/c1-9(8-14)15-4-6-16(7-5-15)12(17)10-2-3-11(13)18-10/h2-3,9H,4-7H2,1H3. The Morgan fingerprint density at radius 3 is 2.61 bits per heavy atom. The van der Waals surface area contributed by atoms with Crippen LogP contribution in [0.15, 0.2) is 21.2 Å². The number of piperazine rings is 1. The van der Waals surface area contributed by atoms with E-state index in [1.165, 1.54) is 0 Å². The first-order valence-electron chi connectivity index (χ1n) is 5.80. The van der Waals surface area contributed by atoms with E-state index in [0.717, 1.165) is 13.1 Å². The summed E-state index contributed by atoms with van der Waals surface area (Å²) in [6.45, 7) is 4.58. The molecule has 6 heteroatoms. The Morgan fingerprint density at radius 1 is 1.44 bits per heavy atom. The maximum absolute atomic E-state index is 12.1. The monoisotopic (exact) mass is 311 g/mol. The van der Waals surface area contributed by atoms with E-state index >= 15 is 0 Å². The Kier molecular flexibility index (Phi) is 4.04. The van der Waals surface area contributed by atoms with Gasteiger partial charge in [-0.2, -0.15) is 5.26 Å². The fourth-order valence-electron chi connectivity index (χ4n) is 1.98. The summed E-state index contributed by atoms with van der Waals surface area (Å²) in [4.78, 5) is 15.9. The van der Waals surface area contributed by atoms with Crippen molar-refractivity contribution in [1.82, 2.24) is 9.80 Å². The van der Waals surface area contributed by atoms with Crippen LogP contribution in [0.5, 0.6) is 0 Å². The summed E-state index contributed by atoms with van der Waals surface area (Å²) in [6.07, 6.45) is 0. The van der Waals surface area contributed by atoms with Crippen LogP contribution < -0.4 is 0 Å². The zero-order chi connectivity index (χ0) is 13.1. The van der Waals surface area contributed by atoms with Gasteiger partial charge in [-0.25, -0.2) is 0 Å². The number of rotatable bonds is 2. The maximum Gasteiger partial charge on any atom is 0.289 e. The molecule has 1 aromatic heterocycles. The van der Waals surface area contributed by atoms with E-state index in [-0.39, 0.29) is 11.9 Å². The van der Waals surface area contributed by atoms with Gasteiger partial charge in [0.25, 0.3) is 5.91 Å². The first-order chi connectivity index (χ1) is 8.61. The normalized spacial score (nSPS) is 18.4. The van der Waals surface area contributed by atoms with Crippen molar-refractivity contribution < 1.29 is 9.21 Å². The molecule has 18 heavy (non-hydrogen) atoms. The van der Waals surface area contributed by atoms with Gasteiger partial charge in [-0.1, -0.05) is 0 Å². The van der Waals surface area contributed by atoms with E-state index in [0.29, 0.717) is 23.5 Å². The number of nitrogens with zero attached hydrogens (tertiary/aromatic N) is 3. The minimum atomic E-state index is -0.0972. The summed E-state index contributed by atoms with van der Waals surface area (Å²) in [5.74, 6) is 0.258. The van der Waals surface area contributed by atoms with Crippen LogP contribution in [-0.4, -0.2) is 47.9 Å². The smallest absolute Gasteiger partial charge is 0.289 e. The molecular weight excluding hydrogens is 298 g/mol. The van der Waals surface area contributed by atoms with Crippen LogP contribution in [0.2, 0.25) is 0 Å². The third-order valence-electron chi connectivity index (χ3n) is 3.12. The van der Waals surface area contributed by atoms with Crippen LogP contribution in [0.25, 0.3) is 0 Å². The second-order valence-corrected chi connectivity index (χ2v) is 5.02. The van der Waals surface area contributed by atoms with Crippen molar-refractivity contribution >= 4 is 21.8 Å². The zero-order valence-corrected chi connectivity index (χ0v) is 11.7. The van der Waals surface area contributed by atoms with Gasteiger partial charge in [0, 0.05) is 26.2 Å². The fraction of sp³-hybridized carbons (Fsp3) is 0.500. The topological polar surface area (TPSA) is 60.5 Å². The number of amides is 1. The van der Waals surface area contributed by atoms with Crippen LogP contribution >= 0.6 is 15.9 Å². The van der Waals surface area contributed by atoms with Crippen LogP contribution in [0.4, 0.5) is 0 Å². The molecule has 0 saturated carbocycles. The highest BCUT2D eigenvalue weighted by atomic mass is 79.9. The zero-order valence-electron chi connectivity index (χ0n) is 10.1. The number of carbonyl (C=O) groups is 1. The van der Waals surface area contributed by atoms with E-state index in [9.17, 15) is 4.79 Å². The molecule has 1 fully saturated rings. The maximum atomic E-state index is 12.1. The highest BCUT2D eigenvalue weighted by Crippen LogP contribution is 2.17. The predicted molar refractivity (Wildman–Crippen MR) is 69.0 cm³/mol. The van der Waals surface area contributed by atoms with E-state index in [1.807, 2.05) is 6.92 Å². The van der Waals surface area contributed by atoms with Crippen molar-refractivity contribution in [3.63, 3.8) is 0 Å². The average Bonchev–Trinajstić information content (AvgIpc) is 2.84. The molecule has 1 amide bonds. The summed E-state index contributed by atoms with van der Waals surface area (Å²) in [6, 6.07) is 5.49. The van der Waals surface area contributed by atoms with Crippen LogP contribution in [-0.2, 0) is 0 Å². The van der Waals surface area contributed by atoms with E-state index in [1.54, 1.807) is 17.0 Å². The second kappa shape index (κ2) is 5.55. The van der Waals surface area contributed by atoms with Crippen LogP contribution in [0.1, 0.15) is 17.5 Å². The molecule has 1 aromatic rings. The second-order valence-electron chi connectivity index (χ2n) is 4.24.